The molecule has 2 rings (SSSR count). The molecule has 16 heavy (non-hydrogen) atoms. The molecule has 1 saturated heterocycles. The Bertz CT molecular complexity index is 234. The molecule has 3 heteroatoms. The molecule has 1 atom stereocenters. The highest BCUT2D eigenvalue weighted by Gasteiger charge is 2.51. The van der Waals surface area contributed by atoms with Gasteiger partial charge in [0.2, 0.25) is 0 Å². The number of hydrogen-bond acceptors (Lipinski definition) is 3. The summed E-state index contributed by atoms with van der Waals surface area (Å²) in [6.07, 6.45) is 4.88. The highest BCUT2D eigenvalue weighted by atomic mass is 16.3. The summed E-state index contributed by atoms with van der Waals surface area (Å²) in [5.41, 5.74) is 0.297. The maximum absolute atomic E-state index is 9.93. The first-order valence-corrected chi connectivity index (χ1v) is 6.69. The SMILES string of the molecule is CC1(C)CCCC1(CO)N1CCCNCC1. The van der Waals surface area contributed by atoms with Gasteiger partial charge in [-0.15, -0.1) is 0 Å². The van der Waals surface area contributed by atoms with E-state index in [2.05, 4.69) is 24.1 Å². The molecule has 1 saturated carbocycles. The molecular weight excluding hydrogens is 200 g/mol. The molecule has 94 valence electrons. The third-order valence-corrected chi connectivity index (χ3v) is 4.86. The van der Waals surface area contributed by atoms with Gasteiger partial charge in [-0.2, -0.15) is 0 Å². The van der Waals surface area contributed by atoms with Gasteiger partial charge in [-0.05, 0) is 31.2 Å². The van der Waals surface area contributed by atoms with Crippen LogP contribution in [0.1, 0.15) is 39.5 Å². The fourth-order valence-corrected chi connectivity index (χ4v) is 3.65. The van der Waals surface area contributed by atoms with Gasteiger partial charge in [0.1, 0.15) is 0 Å². The quantitative estimate of drug-likeness (QED) is 0.743. The summed E-state index contributed by atoms with van der Waals surface area (Å²) in [7, 11) is 0. The van der Waals surface area contributed by atoms with Crippen LogP contribution in [0, 0.1) is 5.41 Å². The van der Waals surface area contributed by atoms with Crippen LogP contribution in [0.25, 0.3) is 0 Å². The number of hydrogen-bond donors (Lipinski definition) is 2. The summed E-state index contributed by atoms with van der Waals surface area (Å²) >= 11 is 0. The van der Waals surface area contributed by atoms with Crippen LogP contribution in [-0.2, 0) is 0 Å². The second-order valence-corrected chi connectivity index (χ2v) is 6.02. The van der Waals surface area contributed by atoms with Crippen molar-refractivity contribution in [1.82, 2.24) is 10.2 Å². The van der Waals surface area contributed by atoms with Gasteiger partial charge in [0.15, 0.2) is 0 Å². The van der Waals surface area contributed by atoms with Crippen LogP contribution < -0.4 is 5.32 Å². The minimum absolute atomic E-state index is 0.0407. The minimum Gasteiger partial charge on any atom is -0.394 e. The molecule has 1 aliphatic carbocycles. The molecule has 3 nitrogen and oxygen atoms in total. The first-order valence-electron chi connectivity index (χ1n) is 6.69. The van der Waals surface area contributed by atoms with Gasteiger partial charge in [0, 0.05) is 25.2 Å². The Hall–Kier alpha value is -0.120. The van der Waals surface area contributed by atoms with E-state index in [0.717, 1.165) is 32.6 Å². The Kier molecular flexibility index (Phi) is 3.57. The van der Waals surface area contributed by atoms with Crippen LogP contribution >= 0.6 is 0 Å². The van der Waals surface area contributed by atoms with E-state index in [1.807, 2.05) is 0 Å². The first kappa shape index (κ1) is 12.3. The van der Waals surface area contributed by atoms with Crippen LogP contribution in [0.2, 0.25) is 0 Å². The van der Waals surface area contributed by atoms with Crippen molar-refractivity contribution in [1.29, 1.82) is 0 Å². The van der Waals surface area contributed by atoms with Crippen molar-refractivity contribution in [3.05, 3.63) is 0 Å². The zero-order valence-electron chi connectivity index (χ0n) is 10.8. The Balaban J connectivity index is 2.19. The maximum Gasteiger partial charge on any atom is 0.0620 e. The monoisotopic (exact) mass is 226 g/mol. The third kappa shape index (κ3) is 1.89. The van der Waals surface area contributed by atoms with Gasteiger partial charge in [-0.1, -0.05) is 20.3 Å². The molecule has 1 heterocycles. The van der Waals surface area contributed by atoms with Crippen LogP contribution in [0.4, 0.5) is 0 Å². The van der Waals surface area contributed by atoms with E-state index in [1.165, 1.54) is 19.3 Å². The van der Waals surface area contributed by atoms with E-state index < -0.39 is 0 Å². The molecule has 0 amide bonds. The van der Waals surface area contributed by atoms with Gasteiger partial charge in [-0.25, -0.2) is 0 Å². The summed E-state index contributed by atoms with van der Waals surface area (Å²) in [5, 5.41) is 13.4. The van der Waals surface area contributed by atoms with Gasteiger partial charge in [0.05, 0.1) is 6.61 Å². The normalized spacial score (nSPS) is 36.2. The highest BCUT2D eigenvalue weighted by molar-refractivity contribution is 5.06. The fraction of sp³-hybridized carbons (Fsp3) is 1.00. The molecule has 0 aromatic rings. The van der Waals surface area contributed by atoms with Crippen LogP contribution in [-0.4, -0.2) is 48.3 Å². The Morgan fingerprint density at radius 1 is 1.12 bits per heavy atom. The van der Waals surface area contributed by atoms with E-state index in [-0.39, 0.29) is 11.0 Å². The van der Waals surface area contributed by atoms with Gasteiger partial charge >= 0.3 is 0 Å². The summed E-state index contributed by atoms with van der Waals surface area (Å²) in [6.45, 7) is 9.39. The Morgan fingerprint density at radius 2 is 1.94 bits per heavy atom. The average Bonchev–Trinajstić information content (AvgIpc) is 2.47. The summed E-state index contributed by atoms with van der Waals surface area (Å²) in [4.78, 5) is 2.56. The van der Waals surface area contributed by atoms with Crippen molar-refractivity contribution >= 4 is 0 Å². The van der Waals surface area contributed by atoms with Crippen molar-refractivity contribution in [3.8, 4) is 0 Å². The lowest BCUT2D eigenvalue weighted by Crippen LogP contribution is -2.58. The first-order chi connectivity index (χ1) is 7.62. The topological polar surface area (TPSA) is 35.5 Å². The molecule has 2 fully saturated rings. The second-order valence-electron chi connectivity index (χ2n) is 6.02. The summed E-state index contributed by atoms with van der Waals surface area (Å²) in [5.74, 6) is 0. The molecule has 0 aromatic heterocycles. The average molecular weight is 226 g/mol. The smallest absolute Gasteiger partial charge is 0.0620 e. The molecule has 1 unspecified atom stereocenters. The lowest BCUT2D eigenvalue weighted by Gasteiger charge is -2.48. The van der Waals surface area contributed by atoms with Crippen molar-refractivity contribution in [3.63, 3.8) is 0 Å². The van der Waals surface area contributed by atoms with Crippen LogP contribution in [0.15, 0.2) is 0 Å². The fourth-order valence-electron chi connectivity index (χ4n) is 3.65. The van der Waals surface area contributed by atoms with Crippen LogP contribution in [0.3, 0.4) is 0 Å². The largest absolute Gasteiger partial charge is 0.394 e. The molecule has 0 bridgehead atoms. The third-order valence-electron chi connectivity index (χ3n) is 4.86. The van der Waals surface area contributed by atoms with E-state index >= 15 is 0 Å². The highest BCUT2D eigenvalue weighted by Crippen LogP contribution is 2.49. The second kappa shape index (κ2) is 4.63. The predicted molar refractivity (Wildman–Crippen MR) is 66.5 cm³/mol. The summed E-state index contributed by atoms with van der Waals surface area (Å²) < 4.78 is 0. The molecule has 1 aliphatic heterocycles. The van der Waals surface area contributed by atoms with Crippen molar-refractivity contribution in [2.45, 2.75) is 45.1 Å². The van der Waals surface area contributed by atoms with E-state index in [9.17, 15) is 5.11 Å². The Morgan fingerprint density at radius 3 is 2.56 bits per heavy atom. The predicted octanol–water partition coefficient (Wildman–Crippen LogP) is 1.22. The zero-order chi connectivity index (χ0) is 11.6. The molecule has 2 aliphatic rings. The van der Waals surface area contributed by atoms with Crippen molar-refractivity contribution in [2.75, 3.05) is 32.8 Å². The molecule has 0 spiro atoms. The number of aliphatic hydroxyl groups is 1. The molecular formula is C13H26N2O. The van der Waals surface area contributed by atoms with Gasteiger partial charge in [0.25, 0.3) is 0 Å². The molecule has 0 aromatic carbocycles. The number of nitrogens with zero attached hydrogens (tertiary/aromatic N) is 1. The Labute approximate surface area is 99.2 Å². The van der Waals surface area contributed by atoms with E-state index in [0.29, 0.717) is 6.61 Å². The molecule has 0 radical (unpaired) electrons. The maximum atomic E-state index is 9.93. The van der Waals surface area contributed by atoms with Crippen molar-refractivity contribution in [2.24, 2.45) is 5.41 Å². The molecule has 2 N–H and O–H groups in total. The standard InChI is InChI=1S/C13H26N2O/c1-12(2)5-3-6-13(12,11-16)15-9-4-7-14-8-10-15/h14,16H,3-11H2,1-2H3. The zero-order valence-corrected chi connectivity index (χ0v) is 10.8. The van der Waals surface area contributed by atoms with Crippen molar-refractivity contribution < 1.29 is 5.11 Å². The van der Waals surface area contributed by atoms with Crippen LogP contribution in [0.5, 0.6) is 0 Å². The number of aliphatic hydroxyl groups excluding tert-OH is 1. The van der Waals surface area contributed by atoms with Gasteiger partial charge < -0.3 is 10.4 Å². The minimum atomic E-state index is 0.0407. The van der Waals surface area contributed by atoms with E-state index in [4.69, 9.17) is 0 Å². The number of rotatable bonds is 2. The van der Waals surface area contributed by atoms with Gasteiger partial charge in [-0.3, -0.25) is 4.90 Å². The lowest BCUT2D eigenvalue weighted by atomic mass is 9.74. The number of nitrogens with one attached hydrogen (secondary N) is 1. The summed E-state index contributed by atoms with van der Waals surface area (Å²) in [6, 6.07) is 0. The lowest BCUT2D eigenvalue weighted by molar-refractivity contribution is -0.0333. The van der Waals surface area contributed by atoms with E-state index in [1.54, 1.807) is 0 Å².